The number of aromatic nitrogens is 1. The summed E-state index contributed by atoms with van der Waals surface area (Å²) in [6.45, 7) is 5.95. The number of carboxylic acids is 1. The van der Waals surface area contributed by atoms with E-state index >= 15 is 0 Å². The SMILES string of the molecule is Cn1cccc1C(=O)NC(CCOC(C)(C)C)C(=O)O. The third kappa shape index (κ3) is 5.05. The van der Waals surface area contributed by atoms with E-state index in [9.17, 15) is 9.59 Å². The number of rotatable bonds is 6. The molecule has 1 unspecified atom stereocenters. The molecule has 0 fully saturated rings. The summed E-state index contributed by atoms with van der Waals surface area (Å²) in [6.07, 6.45) is 1.95. The lowest BCUT2D eigenvalue weighted by Gasteiger charge is -2.21. The predicted octanol–water partition coefficient (Wildman–Crippen LogP) is 1.41. The molecule has 1 atom stereocenters. The van der Waals surface area contributed by atoms with Crippen LogP contribution in [0.4, 0.5) is 0 Å². The maximum atomic E-state index is 12.0. The Balaban J connectivity index is 2.58. The minimum Gasteiger partial charge on any atom is -0.480 e. The van der Waals surface area contributed by atoms with Crippen LogP contribution in [-0.2, 0) is 16.6 Å². The van der Waals surface area contributed by atoms with Gasteiger partial charge in [-0.1, -0.05) is 0 Å². The normalized spacial score (nSPS) is 13.0. The second-order valence-corrected chi connectivity index (χ2v) is 5.62. The number of ether oxygens (including phenoxy) is 1. The molecule has 6 heteroatoms. The van der Waals surface area contributed by atoms with Crippen molar-refractivity contribution in [1.29, 1.82) is 0 Å². The molecule has 0 bridgehead atoms. The minimum absolute atomic E-state index is 0.225. The number of nitrogens with zero attached hydrogens (tertiary/aromatic N) is 1. The van der Waals surface area contributed by atoms with Gasteiger partial charge in [-0.2, -0.15) is 0 Å². The van der Waals surface area contributed by atoms with E-state index in [0.29, 0.717) is 5.69 Å². The number of aliphatic carboxylic acids is 1. The fourth-order valence-electron chi connectivity index (χ4n) is 1.67. The van der Waals surface area contributed by atoms with Crippen molar-refractivity contribution in [3.05, 3.63) is 24.0 Å². The van der Waals surface area contributed by atoms with Crippen LogP contribution in [0.15, 0.2) is 18.3 Å². The zero-order valence-corrected chi connectivity index (χ0v) is 12.3. The van der Waals surface area contributed by atoms with Crippen molar-refractivity contribution in [2.75, 3.05) is 6.61 Å². The molecule has 0 radical (unpaired) electrons. The van der Waals surface area contributed by atoms with Gasteiger partial charge in [0.05, 0.1) is 5.60 Å². The zero-order chi connectivity index (χ0) is 15.3. The van der Waals surface area contributed by atoms with E-state index in [4.69, 9.17) is 9.84 Å². The Bertz CT molecular complexity index is 474. The smallest absolute Gasteiger partial charge is 0.326 e. The Kier molecular flexibility index (Phi) is 5.33. The van der Waals surface area contributed by atoms with Crippen LogP contribution in [0.5, 0.6) is 0 Å². The third-order valence-electron chi connectivity index (χ3n) is 2.72. The highest BCUT2D eigenvalue weighted by atomic mass is 16.5. The van der Waals surface area contributed by atoms with E-state index in [2.05, 4.69) is 5.32 Å². The van der Waals surface area contributed by atoms with Gasteiger partial charge in [-0.25, -0.2) is 4.79 Å². The molecule has 0 saturated carbocycles. The Labute approximate surface area is 118 Å². The van der Waals surface area contributed by atoms with Gasteiger partial charge < -0.3 is 19.7 Å². The number of amides is 1. The molecule has 0 aliphatic rings. The summed E-state index contributed by atoms with van der Waals surface area (Å²) < 4.78 is 7.12. The number of nitrogens with one attached hydrogen (secondary N) is 1. The molecule has 0 spiro atoms. The molecule has 1 heterocycles. The first-order valence-electron chi connectivity index (χ1n) is 6.49. The molecule has 1 aromatic rings. The van der Waals surface area contributed by atoms with Crippen LogP contribution in [0.1, 0.15) is 37.7 Å². The minimum atomic E-state index is -1.06. The lowest BCUT2D eigenvalue weighted by Crippen LogP contribution is -2.42. The monoisotopic (exact) mass is 282 g/mol. The first kappa shape index (κ1) is 16.2. The summed E-state index contributed by atoms with van der Waals surface area (Å²) in [5.41, 5.74) is 0.0959. The van der Waals surface area contributed by atoms with Crippen LogP contribution in [0.3, 0.4) is 0 Å². The summed E-state index contributed by atoms with van der Waals surface area (Å²) in [5.74, 6) is -1.47. The van der Waals surface area contributed by atoms with Gasteiger partial charge in [0.1, 0.15) is 11.7 Å². The molecule has 6 nitrogen and oxygen atoms in total. The van der Waals surface area contributed by atoms with Crippen molar-refractivity contribution in [3.63, 3.8) is 0 Å². The third-order valence-corrected chi connectivity index (χ3v) is 2.72. The molecule has 20 heavy (non-hydrogen) atoms. The zero-order valence-electron chi connectivity index (χ0n) is 12.3. The number of carbonyl (C=O) groups is 2. The molecule has 1 rings (SSSR count). The molecule has 0 aliphatic carbocycles. The molecule has 1 aromatic heterocycles. The fraction of sp³-hybridized carbons (Fsp3) is 0.571. The number of carboxylic acid groups (broad SMARTS) is 1. The summed E-state index contributed by atoms with van der Waals surface area (Å²) in [7, 11) is 1.73. The largest absolute Gasteiger partial charge is 0.480 e. The van der Waals surface area contributed by atoms with Crippen molar-refractivity contribution in [2.24, 2.45) is 7.05 Å². The molecular weight excluding hydrogens is 260 g/mol. The Morgan fingerprint density at radius 2 is 2.10 bits per heavy atom. The van der Waals surface area contributed by atoms with E-state index in [1.165, 1.54) is 0 Å². The summed E-state index contributed by atoms with van der Waals surface area (Å²) in [6, 6.07) is 2.41. The summed E-state index contributed by atoms with van der Waals surface area (Å²) >= 11 is 0. The average Bonchev–Trinajstić information content (AvgIpc) is 2.72. The van der Waals surface area contributed by atoms with Gasteiger partial charge in [0.2, 0.25) is 0 Å². The van der Waals surface area contributed by atoms with Gasteiger partial charge in [-0.05, 0) is 32.9 Å². The van der Waals surface area contributed by atoms with Gasteiger partial charge in [0.25, 0.3) is 5.91 Å². The van der Waals surface area contributed by atoms with Crippen molar-refractivity contribution >= 4 is 11.9 Å². The maximum Gasteiger partial charge on any atom is 0.326 e. The van der Waals surface area contributed by atoms with Crippen LogP contribution in [0.25, 0.3) is 0 Å². The van der Waals surface area contributed by atoms with Crippen molar-refractivity contribution in [2.45, 2.75) is 38.8 Å². The standard InChI is InChI=1S/C14H22N2O4/c1-14(2,3)20-9-7-10(13(18)19)15-12(17)11-6-5-8-16(11)4/h5-6,8,10H,7,9H2,1-4H3,(H,15,17)(H,18,19). The lowest BCUT2D eigenvalue weighted by atomic mass is 10.1. The predicted molar refractivity (Wildman–Crippen MR) is 74.6 cm³/mol. The molecule has 0 aromatic carbocycles. The van der Waals surface area contributed by atoms with Crippen molar-refractivity contribution in [1.82, 2.24) is 9.88 Å². The number of hydrogen-bond acceptors (Lipinski definition) is 3. The Hall–Kier alpha value is -1.82. The van der Waals surface area contributed by atoms with Crippen molar-refractivity contribution < 1.29 is 19.4 Å². The van der Waals surface area contributed by atoms with Crippen LogP contribution in [0.2, 0.25) is 0 Å². The summed E-state index contributed by atoms with van der Waals surface area (Å²) in [5, 5.41) is 11.6. The molecule has 0 aliphatic heterocycles. The van der Waals surface area contributed by atoms with Gasteiger partial charge in [0, 0.05) is 26.3 Å². The van der Waals surface area contributed by atoms with E-state index < -0.39 is 17.9 Å². The number of carbonyl (C=O) groups excluding carboxylic acids is 1. The topological polar surface area (TPSA) is 80.6 Å². The number of hydrogen-bond donors (Lipinski definition) is 2. The van der Waals surface area contributed by atoms with E-state index in [0.717, 1.165) is 0 Å². The molecule has 1 amide bonds. The van der Waals surface area contributed by atoms with Crippen LogP contribution < -0.4 is 5.32 Å². The van der Waals surface area contributed by atoms with E-state index in [1.54, 1.807) is 29.9 Å². The second kappa shape index (κ2) is 6.56. The van der Waals surface area contributed by atoms with E-state index in [-0.39, 0.29) is 18.6 Å². The highest BCUT2D eigenvalue weighted by molar-refractivity contribution is 5.95. The Morgan fingerprint density at radius 1 is 1.45 bits per heavy atom. The first-order chi connectivity index (χ1) is 9.20. The lowest BCUT2D eigenvalue weighted by molar-refractivity contribution is -0.140. The van der Waals surface area contributed by atoms with Crippen molar-refractivity contribution in [3.8, 4) is 0 Å². The van der Waals surface area contributed by atoms with Gasteiger partial charge >= 0.3 is 5.97 Å². The Morgan fingerprint density at radius 3 is 2.55 bits per heavy atom. The quantitative estimate of drug-likeness (QED) is 0.826. The molecular formula is C14H22N2O4. The van der Waals surface area contributed by atoms with Crippen LogP contribution >= 0.6 is 0 Å². The molecule has 0 saturated heterocycles. The average molecular weight is 282 g/mol. The summed E-state index contributed by atoms with van der Waals surface area (Å²) in [4.78, 5) is 23.1. The fourth-order valence-corrected chi connectivity index (χ4v) is 1.67. The highest BCUT2D eigenvalue weighted by Crippen LogP contribution is 2.08. The van der Waals surface area contributed by atoms with Crippen LogP contribution in [-0.4, -0.2) is 39.8 Å². The second-order valence-electron chi connectivity index (χ2n) is 5.62. The van der Waals surface area contributed by atoms with E-state index in [1.807, 2.05) is 20.8 Å². The molecule has 112 valence electrons. The van der Waals surface area contributed by atoms with Gasteiger partial charge in [-0.15, -0.1) is 0 Å². The number of aryl methyl sites for hydroxylation is 1. The first-order valence-corrected chi connectivity index (χ1v) is 6.49. The van der Waals surface area contributed by atoms with Gasteiger partial charge in [0.15, 0.2) is 0 Å². The molecule has 2 N–H and O–H groups in total. The maximum absolute atomic E-state index is 12.0. The van der Waals surface area contributed by atoms with Crippen LogP contribution in [0, 0.1) is 0 Å². The van der Waals surface area contributed by atoms with Gasteiger partial charge in [-0.3, -0.25) is 4.79 Å². The highest BCUT2D eigenvalue weighted by Gasteiger charge is 2.22.